The van der Waals surface area contributed by atoms with Crippen molar-refractivity contribution in [2.75, 3.05) is 23.1 Å². The standard InChI is InChI=1S/C16H17ClN2O4S/c1-11-8-12(17)2-7-15(11)23-9-16(20)19-14-5-3-13(4-6-14)18-10-24(21)22/h2-8,18H,9-10H2,1H3,(H,19,20)(H,21,22)/p-1. The monoisotopic (exact) mass is 367 g/mol. The Morgan fingerprint density at radius 3 is 2.50 bits per heavy atom. The first-order valence-corrected chi connectivity index (χ1v) is 8.65. The number of rotatable bonds is 7. The molecule has 0 heterocycles. The van der Waals surface area contributed by atoms with Gasteiger partial charge in [0.15, 0.2) is 6.61 Å². The third kappa shape index (κ3) is 5.84. The quantitative estimate of drug-likeness (QED) is 0.734. The zero-order chi connectivity index (χ0) is 17.5. The Hall–Kier alpha value is -2.09. The van der Waals surface area contributed by atoms with E-state index in [2.05, 4.69) is 10.6 Å². The molecular weight excluding hydrogens is 352 g/mol. The molecule has 128 valence electrons. The molecule has 0 saturated carbocycles. The van der Waals surface area contributed by atoms with Gasteiger partial charge in [0.2, 0.25) is 0 Å². The second kappa shape index (κ2) is 8.68. The molecule has 1 atom stereocenters. The lowest BCUT2D eigenvalue weighted by Crippen LogP contribution is -2.20. The molecule has 1 amide bonds. The van der Waals surface area contributed by atoms with E-state index in [-0.39, 0.29) is 18.4 Å². The SMILES string of the molecule is Cc1cc(Cl)ccc1OCC(=O)Nc1ccc(NCS(=O)[O-])cc1. The van der Waals surface area contributed by atoms with E-state index in [1.54, 1.807) is 42.5 Å². The van der Waals surface area contributed by atoms with Crippen molar-refractivity contribution in [3.05, 3.63) is 53.1 Å². The van der Waals surface area contributed by atoms with Crippen molar-refractivity contribution in [3.8, 4) is 5.75 Å². The molecule has 0 radical (unpaired) electrons. The summed E-state index contributed by atoms with van der Waals surface area (Å²) in [6.45, 7) is 1.72. The maximum absolute atomic E-state index is 11.9. The summed E-state index contributed by atoms with van der Waals surface area (Å²) in [5, 5.41) is 6.03. The summed E-state index contributed by atoms with van der Waals surface area (Å²) in [5.41, 5.74) is 2.08. The van der Waals surface area contributed by atoms with Gasteiger partial charge in [-0.2, -0.15) is 0 Å². The highest BCUT2D eigenvalue weighted by molar-refractivity contribution is 7.79. The van der Waals surface area contributed by atoms with Crippen LogP contribution in [0.15, 0.2) is 42.5 Å². The summed E-state index contributed by atoms with van der Waals surface area (Å²) in [6.07, 6.45) is 0. The summed E-state index contributed by atoms with van der Waals surface area (Å²) in [6, 6.07) is 11.9. The Kier molecular flexibility index (Phi) is 6.60. The zero-order valence-corrected chi connectivity index (χ0v) is 14.4. The van der Waals surface area contributed by atoms with Gasteiger partial charge in [-0.05, 0) is 66.0 Å². The molecular formula is C16H16ClN2O4S-. The van der Waals surface area contributed by atoms with Crippen LogP contribution in [0.1, 0.15) is 5.56 Å². The van der Waals surface area contributed by atoms with Crippen molar-refractivity contribution in [1.29, 1.82) is 0 Å². The van der Waals surface area contributed by atoms with E-state index < -0.39 is 11.1 Å². The van der Waals surface area contributed by atoms with Gasteiger partial charge in [0.25, 0.3) is 5.91 Å². The Balaban J connectivity index is 1.84. The lowest BCUT2D eigenvalue weighted by Gasteiger charge is -2.11. The number of hydrogen-bond donors (Lipinski definition) is 2. The van der Waals surface area contributed by atoms with Crippen LogP contribution in [0.3, 0.4) is 0 Å². The second-order valence-electron chi connectivity index (χ2n) is 4.95. The fourth-order valence-corrected chi connectivity index (χ4v) is 2.44. The first-order valence-electron chi connectivity index (χ1n) is 7.02. The van der Waals surface area contributed by atoms with E-state index in [4.69, 9.17) is 16.3 Å². The molecule has 0 spiro atoms. The number of amides is 1. The van der Waals surface area contributed by atoms with Gasteiger partial charge in [-0.1, -0.05) is 11.6 Å². The first kappa shape index (κ1) is 18.3. The molecule has 2 N–H and O–H groups in total. The van der Waals surface area contributed by atoms with E-state index >= 15 is 0 Å². The summed E-state index contributed by atoms with van der Waals surface area (Å²) in [7, 11) is 0. The molecule has 24 heavy (non-hydrogen) atoms. The predicted octanol–water partition coefficient (Wildman–Crippen LogP) is 2.91. The van der Waals surface area contributed by atoms with E-state index in [0.717, 1.165) is 5.56 Å². The largest absolute Gasteiger partial charge is 0.771 e. The molecule has 0 fully saturated rings. The van der Waals surface area contributed by atoms with Gasteiger partial charge in [0.05, 0.1) is 5.88 Å². The number of aryl methyl sites for hydroxylation is 1. The molecule has 0 bridgehead atoms. The van der Waals surface area contributed by atoms with Crippen molar-refractivity contribution >= 4 is 40.0 Å². The number of halogens is 1. The van der Waals surface area contributed by atoms with Crippen LogP contribution in [0.4, 0.5) is 11.4 Å². The third-order valence-electron chi connectivity index (χ3n) is 3.06. The molecule has 6 nitrogen and oxygen atoms in total. The molecule has 0 aliphatic heterocycles. The molecule has 8 heteroatoms. The van der Waals surface area contributed by atoms with Crippen molar-refractivity contribution < 1.29 is 18.3 Å². The topological polar surface area (TPSA) is 90.5 Å². The number of carbonyl (C=O) groups is 1. The van der Waals surface area contributed by atoms with Gasteiger partial charge in [0.1, 0.15) is 5.75 Å². The highest BCUT2D eigenvalue weighted by atomic mass is 35.5. The van der Waals surface area contributed by atoms with E-state index in [1.165, 1.54) is 0 Å². The average molecular weight is 368 g/mol. The van der Waals surface area contributed by atoms with E-state index in [9.17, 15) is 13.6 Å². The maximum Gasteiger partial charge on any atom is 0.262 e. The highest BCUT2D eigenvalue weighted by Gasteiger charge is 2.06. The molecule has 0 aliphatic carbocycles. The Morgan fingerprint density at radius 1 is 1.21 bits per heavy atom. The normalized spacial score (nSPS) is 11.6. The smallest absolute Gasteiger partial charge is 0.262 e. The molecule has 2 aromatic carbocycles. The van der Waals surface area contributed by atoms with Crippen molar-refractivity contribution in [2.45, 2.75) is 6.92 Å². The van der Waals surface area contributed by atoms with E-state index in [1.807, 2.05) is 6.92 Å². The number of ether oxygens (including phenoxy) is 1. The Labute approximate surface area is 147 Å². The summed E-state index contributed by atoms with van der Waals surface area (Å²) in [5.74, 6) is 0.130. The number of nitrogens with one attached hydrogen (secondary N) is 2. The van der Waals surface area contributed by atoms with Crippen LogP contribution in [0, 0.1) is 6.92 Å². The summed E-state index contributed by atoms with van der Waals surface area (Å²) in [4.78, 5) is 11.9. The van der Waals surface area contributed by atoms with Gasteiger partial charge in [-0.3, -0.25) is 9.00 Å². The minimum absolute atomic E-state index is 0.127. The van der Waals surface area contributed by atoms with Crippen molar-refractivity contribution in [2.24, 2.45) is 0 Å². The van der Waals surface area contributed by atoms with Gasteiger partial charge < -0.3 is 19.9 Å². The van der Waals surface area contributed by atoms with Crippen LogP contribution < -0.4 is 15.4 Å². The van der Waals surface area contributed by atoms with Crippen LogP contribution in [0.5, 0.6) is 5.75 Å². The fraction of sp³-hybridized carbons (Fsp3) is 0.188. The predicted molar refractivity (Wildman–Crippen MR) is 94.2 cm³/mol. The van der Waals surface area contributed by atoms with Crippen LogP contribution in [0.2, 0.25) is 5.02 Å². The number of carbonyl (C=O) groups excluding carboxylic acids is 1. The lowest BCUT2D eigenvalue weighted by molar-refractivity contribution is -0.118. The molecule has 0 aliphatic rings. The van der Waals surface area contributed by atoms with Crippen molar-refractivity contribution in [3.63, 3.8) is 0 Å². The summed E-state index contributed by atoms with van der Waals surface area (Å²) < 4.78 is 26.4. The van der Waals surface area contributed by atoms with Crippen molar-refractivity contribution in [1.82, 2.24) is 0 Å². The Bertz CT molecular complexity index is 737. The van der Waals surface area contributed by atoms with Gasteiger partial charge in [-0.15, -0.1) is 0 Å². The third-order valence-corrected chi connectivity index (χ3v) is 3.67. The number of hydrogen-bond acceptors (Lipinski definition) is 5. The van der Waals surface area contributed by atoms with Gasteiger partial charge >= 0.3 is 0 Å². The highest BCUT2D eigenvalue weighted by Crippen LogP contribution is 2.21. The fourth-order valence-electron chi connectivity index (χ4n) is 1.93. The summed E-state index contributed by atoms with van der Waals surface area (Å²) >= 11 is 3.70. The average Bonchev–Trinajstić information content (AvgIpc) is 2.53. The van der Waals surface area contributed by atoms with E-state index in [0.29, 0.717) is 22.1 Å². The molecule has 0 saturated heterocycles. The molecule has 2 rings (SSSR count). The molecule has 0 aromatic heterocycles. The lowest BCUT2D eigenvalue weighted by atomic mass is 10.2. The van der Waals surface area contributed by atoms with Crippen LogP contribution in [0.25, 0.3) is 0 Å². The van der Waals surface area contributed by atoms with Gasteiger partial charge in [0, 0.05) is 16.4 Å². The van der Waals surface area contributed by atoms with Crippen LogP contribution in [-0.2, 0) is 15.9 Å². The number of benzene rings is 2. The van der Waals surface area contributed by atoms with Gasteiger partial charge in [-0.25, -0.2) is 0 Å². The minimum atomic E-state index is -2.16. The zero-order valence-electron chi connectivity index (χ0n) is 12.9. The van der Waals surface area contributed by atoms with Crippen LogP contribution >= 0.6 is 11.6 Å². The maximum atomic E-state index is 11.9. The molecule has 2 aromatic rings. The number of anilines is 2. The second-order valence-corrected chi connectivity index (χ2v) is 6.28. The molecule has 1 unspecified atom stereocenters. The Morgan fingerprint density at radius 2 is 1.88 bits per heavy atom. The first-order chi connectivity index (χ1) is 11.4. The minimum Gasteiger partial charge on any atom is -0.771 e. The van der Waals surface area contributed by atoms with Crippen LogP contribution in [-0.4, -0.2) is 27.2 Å².